The molecular weight excluding hydrogens is 393 g/mol. The molecule has 0 spiro atoms. The van der Waals surface area contributed by atoms with Crippen LogP contribution in [0.25, 0.3) is 0 Å². The molecular formula is C21H44IN. The summed E-state index contributed by atoms with van der Waals surface area (Å²) in [6.07, 6.45) is 23.6. The van der Waals surface area contributed by atoms with Crippen LogP contribution >= 0.6 is 24.0 Å². The monoisotopic (exact) mass is 437 g/mol. The standard InChI is InChI=1S/C21H43N.HI/c1-3-4-5-6-7-8-9-10-11-12-13-14-15-16-17-21-18-19-22(2)20-21;/h21H,3-20H2,1-2H3;1H. The average Bonchev–Trinajstić information content (AvgIpc) is 2.93. The summed E-state index contributed by atoms with van der Waals surface area (Å²) in [5.41, 5.74) is 0. The Kier molecular flexibility index (Phi) is 18.0. The Morgan fingerprint density at radius 3 is 1.52 bits per heavy atom. The molecule has 1 unspecified atom stereocenters. The normalized spacial score (nSPS) is 18.3. The third kappa shape index (κ3) is 14.7. The molecule has 1 rings (SSSR count). The highest BCUT2D eigenvalue weighted by atomic mass is 127. The lowest BCUT2D eigenvalue weighted by molar-refractivity contribution is 0.381. The molecule has 0 aromatic rings. The molecule has 1 fully saturated rings. The van der Waals surface area contributed by atoms with E-state index in [1.54, 1.807) is 0 Å². The van der Waals surface area contributed by atoms with E-state index in [0.717, 1.165) is 5.92 Å². The zero-order valence-corrected chi connectivity index (χ0v) is 18.5. The van der Waals surface area contributed by atoms with E-state index in [1.807, 2.05) is 0 Å². The molecule has 0 radical (unpaired) electrons. The molecule has 23 heavy (non-hydrogen) atoms. The van der Waals surface area contributed by atoms with Crippen LogP contribution in [0.15, 0.2) is 0 Å². The second-order valence-corrected chi connectivity index (χ2v) is 7.80. The van der Waals surface area contributed by atoms with Crippen LogP contribution in [0.3, 0.4) is 0 Å². The van der Waals surface area contributed by atoms with Crippen LogP contribution in [0.1, 0.15) is 110 Å². The minimum absolute atomic E-state index is 0. The van der Waals surface area contributed by atoms with Crippen LogP contribution in [0, 0.1) is 5.92 Å². The summed E-state index contributed by atoms with van der Waals surface area (Å²) in [4.78, 5) is 2.49. The summed E-state index contributed by atoms with van der Waals surface area (Å²) < 4.78 is 0. The molecule has 140 valence electrons. The van der Waals surface area contributed by atoms with Crippen LogP contribution in [-0.2, 0) is 0 Å². The van der Waals surface area contributed by atoms with Crippen LogP contribution in [-0.4, -0.2) is 25.0 Å². The van der Waals surface area contributed by atoms with Gasteiger partial charge in [0.2, 0.25) is 0 Å². The second kappa shape index (κ2) is 17.5. The summed E-state index contributed by atoms with van der Waals surface area (Å²) in [6, 6.07) is 0. The molecule has 1 nitrogen and oxygen atoms in total. The summed E-state index contributed by atoms with van der Waals surface area (Å²) in [6.45, 7) is 5.00. The summed E-state index contributed by atoms with van der Waals surface area (Å²) in [5.74, 6) is 1.02. The van der Waals surface area contributed by atoms with Gasteiger partial charge in [-0.1, -0.05) is 96.8 Å². The Balaban J connectivity index is 0.00000484. The van der Waals surface area contributed by atoms with Crippen molar-refractivity contribution in [3.05, 3.63) is 0 Å². The fraction of sp³-hybridized carbons (Fsp3) is 1.00. The van der Waals surface area contributed by atoms with Crippen molar-refractivity contribution in [3.8, 4) is 0 Å². The van der Waals surface area contributed by atoms with E-state index < -0.39 is 0 Å². The van der Waals surface area contributed by atoms with E-state index >= 15 is 0 Å². The lowest BCUT2D eigenvalue weighted by atomic mass is 9.99. The van der Waals surface area contributed by atoms with Crippen LogP contribution in [0.2, 0.25) is 0 Å². The van der Waals surface area contributed by atoms with Gasteiger partial charge < -0.3 is 4.90 Å². The predicted molar refractivity (Wildman–Crippen MR) is 116 cm³/mol. The van der Waals surface area contributed by atoms with Gasteiger partial charge in [-0.2, -0.15) is 0 Å². The van der Waals surface area contributed by atoms with Gasteiger partial charge in [0, 0.05) is 6.54 Å². The van der Waals surface area contributed by atoms with Crippen LogP contribution in [0.5, 0.6) is 0 Å². The van der Waals surface area contributed by atoms with E-state index in [-0.39, 0.29) is 24.0 Å². The van der Waals surface area contributed by atoms with Crippen molar-refractivity contribution < 1.29 is 0 Å². The van der Waals surface area contributed by atoms with Crippen molar-refractivity contribution in [1.29, 1.82) is 0 Å². The van der Waals surface area contributed by atoms with Crippen molar-refractivity contribution in [3.63, 3.8) is 0 Å². The minimum Gasteiger partial charge on any atom is -0.306 e. The van der Waals surface area contributed by atoms with Crippen molar-refractivity contribution in [1.82, 2.24) is 4.90 Å². The highest BCUT2D eigenvalue weighted by molar-refractivity contribution is 14.0. The Morgan fingerprint density at radius 2 is 1.13 bits per heavy atom. The maximum absolute atomic E-state index is 2.49. The van der Waals surface area contributed by atoms with Gasteiger partial charge in [-0.25, -0.2) is 0 Å². The van der Waals surface area contributed by atoms with E-state index in [0.29, 0.717) is 0 Å². The molecule has 0 saturated carbocycles. The molecule has 1 saturated heterocycles. The van der Waals surface area contributed by atoms with Crippen molar-refractivity contribution in [2.45, 2.75) is 110 Å². The average molecular weight is 437 g/mol. The molecule has 1 aliphatic rings. The van der Waals surface area contributed by atoms with Gasteiger partial charge in [0.25, 0.3) is 0 Å². The number of hydrogen-bond acceptors (Lipinski definition) is 1. The molecule has 1 aliphatic heterocycles. The zero-order valence-electron chi connectivity index (χ0n) is 16.2. The van der Waals surface area contributed by atoms with Gasteiger partial charge in [-0.05, 0) is 32.4 Å². The summed E-state index contributed by atoms with van der Waals surface area (Å²) >= 11 is 0. The van der Waals surface area contributed by atoms with E-state index in [1.165, 1.54) is 116 Å². The summed E-state index contributed by atoms with van der Waals surface area (Å²) in [5, 5.41) is 0. The third-order valence-corrected chi connectivity index (χ3v) is 5.45. The van der Waals surface area contributed by atoms with Crippen molar-refractivity contribution in [2.24, 2.45) is 5.92 Å². The fourth-order valence-corrected chi connectivity index (χ4v) is 3.89. The molecule has 0 N–H and O–H groups in total. The van der Waals surface area contributed by atoms with Gasteiger partial charge in [0.15, 0.2) is 0 Å². The number of nitrogens with zero attached hydrogens (tertiary/aromatic N) is 1. The largest absolute Gasteiger partial charge is 0.306 e. The van der Waals surface area contributed by atoms with E-state index in [4.69, 9.17) is 0 Å². The highest BCUT2D eigenvalue weighted by Crippen LogP contribution is 2.21. The third-order valence-electron chi connectivity index (χ3n) is 5.45. The summed E-state index contributed by atoms with van der Waals surface area (Å²) in [7, 11) is 2.27. The maximum Gasteiger partial charge on any atom is 0.000708 e. The lowest BCUT2D eigenvalue weighted by Crippen LogP contribution is -2.13. The van der Waals surface area contributed by atoms with Crippen molar-refractivity contribution in [2.75, 3.05) is 20.1 Å². The molecule has 0 aliphatic carbocycles. The van der Waals surface area contributed by atoms with E-state index in [2.05, 4.69) is 18.9 Å². The zero-order chi connectivity index (χ0) is 15.9. The van der Waals surface area contributed by atoms with Gasteiger partial charge >= 0.3 is 0 Å². The number of halogens is 1. The number of likely N-dealkylation sites (tertiary alicyclic amines) is 1. The van der Waals surface area contributed by atoms with Crippen LogP contribution < -0.4 is 0 Å². The molecule has 1 heterocycles. The first-order valence-corrected chi connectivity index (χ1v) is 10.5. The molecule has 2 heteroatoms. The minimum atomic E-state index is 0. The SMILES string of the molecule is CCCCCCCCCCCCCCCCC1CCN(C)C1.I. The number of hydrogen-bond donors (Lipinski definition) is 0. The number of unbranched alkanes of at least 4 members (excludes halogenated alkanes) is 13. The van der Waals surface area contributed by atoms with Gasteiger partial charge in [0.1, 0.15) is 0 Å². The quantitative estimate of drug-likeness (QED) is 0.190. The first-order valence-electron chi connectivity index (χ1n) is 10.5. The van der Waals surface area contributed by atoms with E-state index in [9.17, 15) is 0 Å². The Hall–Kier alpha value is 0.690. The Labute approximate surface area is 164 Å². The Morgan fingerprint density at radius 1 is 0.696 bits per heavy atom. The molecule has 1 atom stereocenters. The Bertz CT molecular complexity index is 232. The smallest absolute Gasteiger partial charge is 0.000708 e. The van der Waals surface area contributed by atoms with Gasteiger partial charge in [-0.3, -0.25) is 0 Å². The van der Waals surface area contributed by atoms with Crippen molar-refractivity contribution >= 4 is 24.0 Å². The van der Waals surface area contributed by atoms with Gasteiger partial charge in [-0.15, -0.1) is 24.0 Å². The van der Waals surface area contributed by atoms with Gasteiger partial charge in [0.05, 0.1) is 0 Å². The molecule has 0 amide bonds. The first kappa shape index (κ1) is 23.7. The first-order chi connectivity index (χ1) is 10.8. The predicted octanol–water partition coefficient (Wildman–Crippen LogP) is 7.43. The highest BCUT2D eigenvalue weighted by Gasteiger charge is 2.18. The maximum atomic E-state index is 2.49. The lowest BCUT2D eigenvalue weighted by Gasteiger charge is -2.09. The molecule has 0 bridgehead atoms. The van der Waals surface area contributed by atoms with Crippen LogP contribution in [0.4, 0.5) is 0 Å². The molecule has 0 aromatic carbocycles. The topological polar surface area (TPSA) is 3.24 Å². The molecule has 0 aromatic heterocycles. The second-order valence-electron chi connectivity index (χ2n) is 7.80. The fourth-order valence-electron chi connectivity index (χ4n) is 3.89. The number of rotatable bonds is 15.